The Bertz CT molecular complexity index is 356. The van der Waals surface area contributed by atoms with E-state index in [0.29, 0.717) is 12.1 Å². The van der Waals surface area contributed by atoms with Crippen LogP contribution in [0.2, 0.25) is 5.02 Å². The van der Waals surface area contributed by atoms with Gasteiger partial charge >= 0.3 is 0 Å². The van der Waals surface area contributed by atoms with Crippen LogP contribution in [0.5, 0.6) is 0 Å². The van der Waals surface area contributed by atoms with Crippen LogP contribution < -0.4 is 5.32 Å². The summed E-state index contributed by atoms with van der Waals surface area (Å²) in [5, 5.41) is 4.63. The fourth-order valence-electron chi connectivity index (χ4n) is 2.50. The van der Waals surface area contributed by atoms with Gasteiger partial charge in [0.2, 0.25) is 0 Å². The summed E-state index contributed by atoms with van der Waals surface area (Å²) in [6.45, 7) is 4.56. The molecule has 2 atom stereocenters. The Balaban J connectivity index is 1.97. The largest absolute Gasteiger partial charge is 0.307 e. The van der Waals surface area contributed by atoms with Crippen molar-refractivity contribution in [1.29, 1.82) is 0 Å². The normalized spacial score (nSPS) is 18.6. The van der Waals surface area contributed by atoms with Gasteiger partial charge in [-0.05, 0) is 49.8 Å². The SMILES string of the molecule is CCCCC(C)NC(c1ccc(Cl)cc1)C1CC1. The number of unbranched alkanes of at least 4 members (excludes halogenated alkanes) is 1. The second-order valence-corrected chi connectivity index (χ2v) is 6.01. The van der Waals surface area contributed by atoms with Crippen molar-refractivity contribution in [2.75, 3.05) is 0 Å². The number of halogens is 1. The summed E-state index contributed by atoms with van der Waals surface area (Å²) in [6, 6.07) is 9.48. The molecule has 1 aromatic carbocycles. The van der Waals surface area contributed by atoms with Gasteiger partial charge in [0, 0.05) is 17.1 Å². The summed E-state index contributed by atoms with van der Waals surface area (Å²) in [6.07, 6.45) is 6.59. The molecular weight excluding hydrogens is 242 g/mol. The fraction of sp³-hybridized carbons (Fsp3) is 0.625. The average Bonchev–Trinajstić information content (AvgIpc) is 3.19. The summed E-state index contributed by atoms with van der Waals surface area (Å²) in [4.78, 5) is 0. The maximum atomic E-state index is 5.97. The Hall–Kier alpha value is -0.530. The van der Waals surface area contributed by atoms with E-state index in [1.807, 2.05) is 12.1 Å². The molecule has 2 heteroatoms. The average molecular weight is 266 g/mol. The van der Waals surface area contributed by atoms with Crippen molar-refractivity contribution in [3.05, 3.63) is 34.9 Å². The minimum Gasteiger partial charge on any atom is -0.307 e. The van der Waals surface area contributed by atoms with Crippen molar-refractivity contribution < 1.29 is 0 Å². The van der Waals surface area contributed by atoms with Gasteiger partial charge in [0.15, 0.2) is 0 Å². The number of hydrogen-bond acceptors (Lipinski definition) is 1. The molecule has 1 aromatic rings. The van der Waals surface area contributed by atoms with Crippen LogP contribution in [0.25, 0.3) is 0 Å². The lowest BCUT2D eigenvalue weighted by molar-refractivity contribution is 0.397. The van der Waals surface area contributed by atoms with E-state index in [2.05, 4.69) is 31.3 Å². The first kappa shape index (κ1) is 13.9. The molecule has 0 aromatic heterocycles. The molecule has 1 aliphatic carbocycles. The third-order valence-corrected chi connectivity index (χ3v) is 4.03. The summed E-state index contributed by atoms with van der Waals surface area (Å²) >= 11 is 5.97. The molecule has 0 saturated heterocycles. The smallest absolute Gasteiger partial charge is 0.0406 e. The maximum Gasteiger partial charge on any atom is 0.0406 e. The van der Waals surface area contributed by atoms with Crippen LogP contribution >= 0.6 is 11.6 Å². The molecule has 1 N–H and O–H groups in total. The van der Waals surface area contributed by atoms with Crippen LogP contribution in [0.15, 0.2) is 24.3 Å². The Kier molecular flexibility index (Phi) is 5.08. The van der Waals surface area contributed by atoms with Gasteiger partial charge in [-0.1, -0.05) is 43.5 Å². The zero-order valence-corrected chi connectivity index (χ0v) is 12.2. The maximum absolute atomic E-state index is 5.97. The van der Waals surface area contributed by atoms with Gasteiger partial charge in [-0.2, -0.15) is 0 Å². The number of benzene rings is 1. The first-order valence-corrected chi connectivity index (χ1v) is 7.60. The van der Waals surface area contributed by atoms with Gasteiger partial charge in [0.1, 0.15) is 0 Å². The second-order valence-electron chi connectivity index (χ2n) is 5.58. The van der Waals surface area contributed by atoms with E-state index in [1.54, 1.807) is 0 Å². The van der Waals surface area contributed by atoms with Gasteiger partial charge in [-0.15, -0.1) is 0 Å². The first-order chi connectivity index (χ1) is 8.70. The summed E-state index contributed by atoms with van der Waals surface area (Å²) in [5.74, 6) is 0.829. The molecule has 0 radical (unpaired) electrons. The molecule has 0 aliphatic heterocycles. The van der Waals surface area contributed by atoms with E-state index in [9.17, 15) is 0 Å². The number of rotatable bonds is 7. The van der Waals surface area contributed by atoms with E-state index in [-0.39, 0.29) is 0 Å². The highest BCUT2D eigenvalue weighted by atomic mass is 35.5. The number of nitrogens with one attached hydrogen (secondary N) is 1. The molecule has 0 amide bonds. The van der Waals surface area contributed by atoms with Gasteiger partial charge < -0.3 is 5.32 Å². The highest BCUT2D eigenvalue weighted by Gasteiger charge is 2.32. The minimum absolute atomic E-state index is 0.522. The molecule has 2 unspecified atom stereocenters. The molecule has 1 aliphatic rings. The molecule has 2 rings (SSSR count). The lowest BCUT2D eigenvalue weighted by Gasteiger charge is -2.24. The number of hydrogen-bond donors (Lipinski definition) is 1. The van der Waals surface area contributed by atoms with Gasteiger partial charge in [0.05, 0.1) is 0 Å². The Morgan fingerprint density at radius 1 is 1.28 bits per heavy atom. The third-order valence-electron chi connectivity index (χ3n) is 3.78. The zero-order valence-electron chi connectivity index (χ0n) is 11.5. The molecule has 18 heavy (non-hydrogen) atoms. The first-order valence-electron chi connectivity index (χ1n) is 7.22. The highest BCUT2D eigenvalue weighted by molar-refractivity contribution is 6.30. The summed E-state index contributed by atoms with van der Waals surface area (Å²) in [7, 11) is 0. The lowest BCUT2D eigenvalue weighted by atomic mass is 10.0. The Morgan fingerprint density at radius 2 is 1.94 bits per heavy atom. The molecule has 0 spiro atoms. The van der Waals surface area contributed by atoms with Crippen molar-refractivity contribution in [1.82, 2.24) is 5.32 Å². The van der Waals surface area contributed by atoms with Crippen molar-refractivity contribution in [2.24, 2.45) is 5.92 Å². The van der Waals surface area contributed by atoms with Crippen LogP contribution in [0.4, 0.5) is 0 Å². The van der Waals surface area contributed by atoms with Gasteiger partial charge in [0.25, 0.3) is 0 Å². The van der Waals surface area contributed by atoms with Crippen LogP contribution in [0.3, 0.4) is 0 Å². The van der Waals surface area contributed by atoms with Crippen LogP contribution in [0, 0.1) is 5.92 Å². The van der Waals surface area contributed by atoms with Crippen molar-refractivity contribution in [3.8, 4) is 0 Å². The van der Waals surface area contributed by atoms with Crippen molar-refractivity contribution in [2.45, 2.75) is 58.0 Å². The summed E-state index contributed by atoms with van der Waals surface area (Å²) < 4.78 is 0. The predicted octanol–water partition coefficient (Wildman–Crippen LogP) is 4.96. The molecule has 0 bridgehead atoms. The van der Waals surface area contributed by atoms with E-state index >= 15 is 0 Å². The van der Waals surface area contributed by atoms with E-state index in [1.165, 1.54) is 37.7 Å². The highest BCUT2D eigenvalue weighted by Crippen LogP contribution is 2.41. The molecular formula is C16H24ClN. The molecule has 100 valence electrons. The van der Waals surface area contributed by atoms with Crippen LogP contribution in [0.1, 0.15) is 57.6 Å². The van der Waals surface area contributed by atoms with E-state index < -0.39 is 0 Å². The van der Waals surface area contributed by atoms with Crippen molar-refractivity contribution in [3.63, 3.8) is 0 Å². The van der Waals surface area contributed by atoms with E-state index in [4.69, 9.17) is 11.6 Å². The van der Waals surface area contributed by atoms with Gasteiger partial charge in [-0.3, -0.25) is 0 Å². The zero-order chi connectivity index (χ0) is 13.0. The standard InChI is InChI=1S/C16H24ClN/c1-3-4-5-12(2)18-16(13-6-7-13)14-8-10-15(17)11-9-14/h8-13,16,18H,3-7H2,1-2H3. The van der Waals surface area contributed by atoms with Crippen LogP contribution in [-0.2, 0) is 0 Å². The second kappa shape index (κ2) is 6.58. The molecule has 0 heterocycles. The monoisotopic (exact) mass is 265 g/mol. The third kappa shape index (κ3) is 4.00. The Labute approximate surface area is 116 Å². The molecule has 1 saturated carbocycles. The van der Waals surface area contributed by atoms with Crippen LogP contribution in [-0.4, -0.2) is 6.04 Å². The fourth-order valence-corrected chi connectivity index (χ4v) is 2.63. The molecule has 1 nitrogen and oxygen atoms in total. The van der Waals surface area contributed by atoms with Crippen molar-refractivity contribution >= 4 is 11.6 Å². The van der Waals surface area contributed by atoms with E-state index in [0.717, 1.165) is 10.9 Å². The Morgan fingerprint density at radius 3 is 2.50 bits per heavy atom. The summed E-state index contributed by atoms with van der Waals surface area (Å²) in [5.41, 5.74) is 1.39. The minimum atomic E-state index is 0.522. The van der Waals surface area contributed by atoms with Gasteiger partial charge in [-0.25, -0.2) is 0 Å². The topological polar surface area (TPSA) is 12.0 Å². The quantitative estimate of drug-likeness (QED) is 0.735. The lowest BCUT2D eigenvalue weighted by Crippen LogP contribution is -2.31. The predicted molar refractivity (Wildman–Crippen MR) is 79.0 cm³/mol. The molecule has 1 fully saturated rings.